The Hall–Kier alpha value is -0.930. The molecule has 1 fully saturated rings. The molecule has 17 heavy (non-hydrogen) atoms. The maximum absolute atomic E-state index is 6.16. The standard InChI is InChI=1S/C14H18N2S/c1-9(2)13-16-11-4-3-10(7-12(11)17-13)8-14(15)5-6-14/h3-4,7,9H,5-6,8,15H2,1-2H3. The highest BCUT2D eigenvalue weighted by Crippen LogP contribution is 2.36. The van der Waals surface area contributed by atoms with E-state index in [0.29, 0.717) is 5.92 Å². The highest BCUT2D eigenvalue weighted by Gasteiger charge is 2.37. The molecule has 0 unspecified atom stereocenters. The Kier molecular flexibility index (Phi) is 2.49. The van der Waals surface area contributed by atoms with Crippen LogP contribution in [0.2, 0.25) is 0 Å². The van der Waals surface area contributed by atoms with Crippen LogP contribution in [0.25, 0.3) is 10.2 Å². The first kappa shape index (κ1) is 11.2. The maximum Gasteiger partial charge on any atom is 0.0963 e. The molecule has 1 aromatic carbocycles. The van der Waals surface area contributed by atoms with Gasteiger partial charge in [0, 0.05) is 11.5 Å². The summed E-state index contributed by atoms with van der Waals surface area (Å²) in [5, 5.41) is 1.23. The van der Waals surface area contributed by atoms with Gasteiger partial charge in [0.15, 0.2) is 0 Å². The summed E-state index contributed by atoms with van der Waals surface area (Å²) in [4.78, 5) is 4.65. The van der Waals surface area contributed by atoms with Crippen molar-refractivity contribution in [2.75, 3.05) is 0 Å². The molecule has 1 aliphatic carbocycles. The molecular formula is C14H18N2S. The first-order chi connectivity index (χ1) is 8.06. The molecule has 1 saturated carbocycles. The molecular weight excluding hydrogens is 228 g/mol. The smallest absolute Gasteiger partial charge is 0.0963 e. The van der Waals surface area contributed by atoms with E-state index < -0.39 is 0 Å². The second kappa shape index (κ2) is 3.79. The zero-order valence-corrected chi connectivity index (χ0v) is 11.2. The summed E-state index contributed by atoms with van der Waals surface area (Å²) in [5.41, 5.74) is 8.75. The van der Waals surface area contributed by atoms with Crippen LogP contribution in [-0.4, -0.2) is 10.5 Å². The third kappa shape index (κ3) is 2.22. The molecule has 90 valence electrons. The maximum atomic E-state index is 6.16. The topological polar surface area (TPSA) is 38.9 Å². The molecule has 0 atom stereocenters. The molecule has 3 rings (SSSR count). The van der Waals surface area contributed by atoms with Gasteiger partial charge < -0.3 is 5.73 Å². The van der Waals surface area contributed by atoms with Gasteiger partial charge in [-0.2, -0.15) is 0 Å². The summed E-state index contributed by atoms with van der Waals surface area (Å²) in [6.45, 7) is 4.38. The SMILES string of the molecule is CC(C)c1nc2ccc(CC3(N)CC3)cc2s1. The van der Waals surface area contributed by atoms with Gasteiger partial charge >= 0.3 is 0 Å². The third-order valence-corrected chi connectivity index (χ3v) is 4.73. The van der Waals surface area contributed by atoms with E-state index in [-0.39, 0.29) is 5.54 Å². The van der Waals surface area contributed by atoms with Crippen LogP contribution < -0.4 is 5.73 Å². The van der Waals surface area contributed by atoms with Gasteiger partial charge in [0.05, 0.1) is 15.2 Å². The van der Waals surface area contributed by atoms with E-state index >= 15 is 0 Å². The van der Waals surface area contributed by atoms with Crippen LogP contribution in [0.4, 0.5) is 0 Å². The minimum atomic E-state index is 0.0965. The minimum Gasteiger partial charge on any atom is -0.325 e. The highest BCUT2D eigenvalue weighted by atomic mass is 32.1. The number of aromatic nitrogens is 1. The van der Waals surface area contributed by atoms with Crippen molar-refractivity contribution in [3.05, 3.63) is 28.8 Å². The number of nitrogens with zero attached hydrogens (tertiary/aromatic N) is 1. The van der Waals surface area contributed by atoms with E-state index in [1.807, 2.05) is 11.3 Å². The van der Waals surface area contributed by atoms with Crippen LogP contribution in [-0.2, 0) is 6.42 Å². The fourth-order valence-corrected chi connectivity index (χ4v) is 3.12. The Bertz CT molecular complexity index is 552. The minimum absolute atomic E-state index is 0.0965. The lowest BCUT2D eigenvalue weighted by molar-refractivity contribution is 0.673. The molecule has 0 aliphatic heterocycles. The number of rotatable bonds is 3. The van der Waals surface area contributed by atoms with E-state index in [0.717, 1.165) is 11.9 Å². The van der Waals surface area contributed by atoms with Crippen molar-refractivity contribution in [1.82, 2.24) is 4.98 Å². The van der Waals surface area contributed by atoms with Crippen molar-refractivity contribution in [1.29, 1.82) is 0 Å². The highest BCUT2D eigenvalue weighted by molar-refractivity contribution is 7.18. The number of hydrogen-bond acceptors (Lipinski definition) is 3. The Morgan fingerprint density at radius 2 is 2.18 bits per heavy atom. The van der Waals surface area contributed by atoms with Crippen molar-refractivity contribution in [2.24, 2.45) is 5.73 Å². The van der Waals surface area contributed by atoms with Crippen molar-refractivity contribution in [3.8, 4) is 0 Å². The molecule has 2 nitrogen and oxygen atoms in total. The summed E-state index contributed by atoms with van der Waals surface area (Å²) in [7, 11) is 0. The molecule has 0 amide bonds. The van der Waals surface area contributed by atoms with E-state index in [2.05, 4.69) is 37.0 Å². The molecule has 0 bridgehead atoms. The Morgan fingerprint density at radius 1 is 1.41 bits per heavy atom. The fraction of sp³-hybridized carbons (Fsp3) is 0.500. The second-order valence-corrected chi connectivity index (χ2v) is 6.61. The number of fused-ring (bicyclic) bond motifs is 1. The van der Waals surface area contributed by atoms with Crippen LogP contribution in [0.15, 0.2) is 18.2 Å². The van der Waals surface area contributed by atoms with Crippen molar-refractivity contribution in [2.45, 2.75) is 44.6 Å². The van der Waals surface area contributed by atoms with E-state index in [1.54, 1.807) is 0 Å². The van der Waals surface area contributed by atoms with E-state index in [9.17, 15) is 0 Å². The van der Waals surface area contributed by atoms with Gasteiger partial charge in [-0.05, 0) is 37.0 Å². The first-order valence-electron chi connectivity index (χ1n) is 6.24. The predicted molar refractivity (Wildman–Crippen MR) is 73.6 cm³/mol. The van der Waals surface area contributed by atoms with Crippen LogP contribution >= 0.6 is 11.3 Å². The average molecular weight is 246 g/mol. The van der Waals surface area contributed by atoms with Crippen molar-refractivity contribution >= 4 is 21.6 Å². The number of thiazole rings is 1. The van der Waals surface area contributed by atoms with Gasteiger partial charge in [0.1, 0.15) is 0 Å². The molecule has 1 aromatic heterocycles. The summed E-state index contributed by atoms with van der Waals surface area (Å²) in [5.74, 6) is 0.514. The van der Waals surface area contributed by atoms with Gasteiger partial charge in [-0.15, -0.1) is 11.3 Å². The van der Waals surface area contributed by atoms with Crippen LogP contribution in [0.3, 0.4) is 0 Å². The molecule has 0 saturated heterocycles. The first-order valence-corrected chi connectivity index (χ1v) is 7.06. The van der Waals surface area contributed by atoms with E-state index in [4.69, 9.17) is 5.73 Å². The predicted octanol–water partition coefficient (Wildman–Crippen LogP) is 3.45. The molecule has 3 heteroatoms. The van der Waals surface area contributed by atoms with Gasteiger partial charge in [-0.1, -0.05) is 19.9 Å². The summed E-state index contributed by atoms with van der Waals surface area (Å²) in [6.07, 6.45) is 3.35. The quantitative estimate of drug-likeness (QED) is 0.901. The Morgan fingerprint density at radius 3 is 2.82 bits per heavy atom. The van der Waals surface area contributed by atoms with Crippen LogP contribution in [0, 0.1) is 0 Å². The van der Waals surface area contributed by atoms with Gasteiger partial charge in [0.25, 0.3) is 0 Å². The lowest BCUT2D eigenvalue weighted by Crippen LogP contribution is -2.24. The third-order valence-electron chi connectivity index (χ3n) is 3.41. The Labute approximate surface area is 106 Å². The fourth-order valence-electron chi connectivity index (χ4n) is 2.09. The zero-order chi connectivity index (χ0) is 12.0. The number of nitrogens with two attached hydrogens (primary N) is 1. The van der Waals surface area contributed by atoms with Gasteiger partial charge in [-0.3, -0.25) is 0 Å². The van der Waals surface area contributed by atoms with Crippen LogP contribution in [0.5, 0.6) is 0 Å². The summed E-state index contributed by atoms with van der Waals surface area (Å²) in [6, 6.07) is 6.59. The summed E-state index contributed by atoms with van der Waals surface area (Å²) >= 11 is 1.81. The second-order valence-electron chi connectivity index (χ2n) is 5.55. The Balaban J connectivity index is 1.94. The molecule has 2 N–H and O–H groups in total. The summed E-state index contributed by atoms with van der Waals surface area (Å²) < 4.78 is 1.30. The lowest BCUT2D eigenvalue weighted by Gasteiger charge is -2.07. The molecule has 0 radical (unpaired) electrons. The number of benzene rings is 1. The van der Waals surface area contributed by atoms with E-state index in [1.165, 1.54) is 28.1 Å². The number of hydrogen-bond donors (Lipinski definition) is 1. The molecule has 0 spiro atoms. The molecule has 1 heterocycles. The van der Waals surface area contributed by atoms with Crippen LogP contribution in [0.1, 0.15) is 43.2 Å². The zero-order valence-electron chi connectivity index (χ0n) is 10.4. The van der Waals surface area contributed by atoms with Crippen molar-refractivity contribution < 1.29 is 0 Å². The lowest BCUT2D eigenvalue weighted by atomic mass is 10.1. The monoisotopic (exact) mass is 246 g/mol. The molecule has 2 aromatic rings. The van der Waals surface area contributed by atoms with Gasteiger partial charge in [-0.25, -0.2) is 4.98 Å². The normalized spacial score (nSPS) is 17.9. The molecule has 1 aliphatic rings. The van der Waals surface area contributed by atoms with Crippen molar-refractivity contribution in [3.63, 3.8) is 0 Å². The average Bonchev–Trinajstić information content (AvgIpc) is 2.84. The largest absolute Gasteiger partial charge is 0.325 e. The van der Waals surface area contributed by atoms with Gasteiger partial charge in [0.2, 0.25) is 0 Å².